The first-order chi connectivity index (χ1) is 13.0. The zero-order valence-electron chi connectivity index (χ0n) is 15.9. The van der Waals surface area contributed by atoms with Gasteiger partial charge in [0, 0.05) is 18.7 Å². The van der Waals surface area contributed by atoms with Crippen LogP contribution in [0.25, 0.3) is 0 Å². The average Bonchev–Trinajstić information content (AvgIpc) is 2.56. The van der Waals surface area contributed by atoms with Crippen LogP contribution in [-0.4, -0.2) is 36.3 Å². The van der Waals surface area contributed by atoms with E-state index in [-0.39, 0.29) is 15.5 Å². The number of hydrogen-bond acceptors (Lipinski definition) is 7. The highest BCUT2D eigenvalue weighted by molar-refractivity contribution is 7.95. The molecule has 10 heteroatoms. The zero-order valence-corrected chi connectivity index (χ0v) is 17.6. The second kappa shape index (κ2) is 8.91. The monoisotopic (exact) mass is 428 g/mol. The van der Waals surface area contributed by atoms with E-state index in [9.17, 15) is 16.8 Å². The van der Waals surface area contributed by atoms with E-state index in [1.165, 1.54) is 18.2 Å². The summed E-state index contributed by atoms with van der Waals surface area (Å²) in [4.78, 5) is 3.96. The van der Waals surface area contributed by atoms with Crippen LogP contribution in [0.15, 0.2) is 46.2 Å². The summed E-state index contributed by atoms with van der Waals surface area (Å²) in [6.45, 7) is 4.04. The van der Waals surface area contributed by atoms with Crippen LogP contribution in [0.4, 0.5) is 5.69 Å². The molecule has 0 unspecified atom stereocenters. The normalized spacial score (nSPS) is 12.0. The molecule has 28 heavy (non-hydrogen) atoms. The predicted molar refractivity (Wildman–Crippen MR) is 107 cm³/mol. The molecule has 0 fully saturated rings. The minimum atomic E-state index is -4.13. The highest BCUT2D eigenvalue weighted by Gasteiger charge is 2.25. The summed E-state index contributed by atoms with van der Waals surface area (Å²) in [7, 11) is -7.87. The molecule has 0 radical (unpaired) electrons. The molecule has 0 spiro atoms. The first-order valence-corrected chi connectivity index (χ1v) is 11.8. The Bertz CT molecular complexity index is 1050. The highest BCUT2D eigenvalue weighted by Crippen LogP contribution is 2.28. The van der Waals surface area contributed by atoms with Gasteiger partial charge in [0.05, 0.1) is 23.8 Å². The van der Waals surface area contributed by atoms with Crippen molar-refractivity contribution in [3.8, 4) is 5.75 Å². The number of nitrogens with two attached hydrogens (primary N) is 1. The van der Waals surface area contributed by atoms with Crippen LogP contribution in [-0.2, 0) is 24.7 Å². The first-order valence-electron chi connectivity index (χ1n) is 8.43. The summed E-state index contributed by atoms with van der Waals surface area (Å²) in [5.41, 5.74) is 1.41. The van der Waals surface area contributed by atoms with Crippen LogP contribution in [0.2, 0.25) is 0 Å². The molecule has 0 heterocycles. The maximum atomic E-state index is 12.9. The SMILES string of the molecule is Cc1cc(NS(=O)(=O)c2cccc(C)c2S(C)(=O)=O)cc(OCCCON)c1. The van der Waals surface area contributed by atoms with Gasteiger partial charge in [-0.1, -0.05) is 12.1 Å². The van der Waals surface area contributed by atoms with Gasteiger partial charge in [0.15, 0.2) is 9.84 Å². The molecule has 0 bridgehead atoms. The van der Waals surface area contributed by atoms with Crippen LogP contribution >= 0.6 is 0 Å². The summed E-state index contributed by atoms with van der Waals surface area (Å²) in [6, 6.07) is 9.25. The Morgan fingerprint density at radius 3 is 2.39 bits per heavy atom. The Hall–Kier alpha value is -2.14. The maximum absolute atomic E-state index is 12.9. The molecule has 0 amide bonds. The number of benzene rings is 2. The standard InChI is InChI=1S/C18H24N2O6S2/c1-13-10-15(12-16(11-13)25-8-5-9-26-19)20-28(23,24)17-7-4-6-14(2)18(17)27(3,21)22/h4,6-7,10-12,20H,5,8-9,19H2,1-3H3. The minimum absolute atomic E-state index is 0.214. The van der Waals surface area contributed by atoms with Crippen LogP contribution in [0.3, 0.4) is 0 Å². The molecule has 8 nitrogen and oxygen atoms in total. The first kappa shape index (κ1) is 22.2. The van der Waals surface area contributed by atoms with E-state index in [4.69, 9.17) is 10.6 Å². The van der Waals surface area contributed by atoms with Crippen molar-refractivity contribution < 1.29 is 26.4 Å². The number of anilines is 1. The van der Waals surface area contributed by atoms with Gasteiger partial charge in [-0.3, -0.25) is 4.72 Å². The molecule has 3 N–H and O–H groups in total. The average molecular weight is 429 g/mol. The molecule has 0 saturated carbocycles. The van der Waals surface area contributed by atoms with Gasteiger partial charge in [0.1, 0.15) is 10.6 Å². The largest absolute Gasteiger partial charge is 0.493 e. The molecule has 0 saturated heterocycles. The summed E-state index contributed by atoms with van der Waals surface area (Å²) in [5, 5.41) is 0. The third-order valence-electron chi connectivity index (χ3n) is 3.81. The smallest absolute Gasteiger partial charge is 0.263 e. The third-order valence-corrected chi connectivity index (χ3v) is 6.65. The molecular formula is C18H24N2O6S2. The second-order valence-corrected chi connectivity index (χ2v) is 9.99. The van der Waals surface area contributed by atoms with Crippen LogP contribution < -0.4 is 15.4 Å². The Labute approximate surface area is 165 Å². The van der Waals surface area contributed by atoms with Gasteiger partial charge in [-0.25, -0.2) is 22.7 Å². The van der Waals surface area contributed by atoms with E-state index in [2.05, 4.69) is 9.56 Å². The van der Waals surface area contributed by atoms with Gasteiger partial charge >= 0.3 is 0 Å². The minimum Gasteiger partial charge on any atom is -0.493 e. The summed E-state index contributed by atoms with van der Waals surface area (Å²) in [5.74, 6) is 5.43. The molecule has 0 aliphatic rings. The lowest BCUT2D eigenvalue weighted by atomic mass is 10.2. The van der Waals surface area contributed by atoms with E-state index in [0.29, 0.717) is 30.9 Å². The highest BCUT2D eigenvalue weighted by atomic mass is 32.2. The molecule has 2 aromatic rings. The van der Waals surface area contributed by atoms with Gasteiger partial charge < -0.3 is 9.57 Å². The van der Waals surface area contributed by atoms with Gasteiger partial charge in [-0.2, -0.15) is 0 Å². The van der Waals surface area contributed by atoms with E-state index in [0.717, 1.165) is 11.8 Å². The summed E-state index contributed by atoms with van der Waals surface area (Å²) < 4.78 is 58.1. The van der Waals surface area contributed by atoms with Gasteiger partial charge in [0.2, 0.25) is 0 Å². The van der Waals surface area contributed by atoms with Crippen molar-refractivity contribution in [2.75, 3.05) is 24.2 Å². The van der Waals surface area contributed by atoms with Crippen molar-refractivity contribution in [3.05, 3.63) is 47.5 Å². The van der Waals surface area contributed by atoms with E-state index in [1.807, 2.05) is 0 Å². The molecule has 0 aliphatic heterocycles. The maximum Gasteiger partial charge on any atom is 0.263 e. The molecular weight excluding hydrogens is 404 g/mol. The summed E-state index contributed by atoms with van der Waals surface area (Å²) >= 11 is 0. The fourth-order valence-electron chi connectivity index (χ4n) is 2.74. The van der Waals surface area contributed by atoms with Crippen molar-refractivity contribution in [2.45, 2.75) is 30.1 Å². The molecule has 0 atom stereocenters. The fourth-order valence-corrected chi connectivity index (χ4v) is 5.82. The molecule has 0 aromatic heterocycles. The number of rotatable bonds is 9. The lowest BCUT2D eigenvalue weighted by Gasteiger charge is -2.15. The third kappa shape index (κ3) is 5.68. The van der Waals surface area contributed by atoms with Gasteiger partial charge in [0.25, 0.3) is 10.0 Å². The Morgan fingerprint density at radius 1 is 1.04 bits per heavy atom. The van der Waals surface area contributed by atoms with Crippen LogP contribution in [0.5, 0.6) is 5.75 Å². The van der Waals surface area contributed by atoms with Gasteiger partial charge in [-0.05, 0) is 43.2 Å². The summed E-state index contributed by atoms with van der Waals surface area (Å²) in [6.07, 6.45) is 1.56. The van der Waals surface area contributed by atoms with Crippen molar-refractivity contribution in [2.24, 2.45) is 5.90 Å². The van der Waals surface area contributed by atoms with Gasteiger partial charge in [-0.15, -0.1) is 0 Å². The Kier molecular flexibility index (Phi) is 7.05. The fraction of sp³-hybridized carbons (Fsp3) is 0.333. The Morgan fingerprint density at radius 2 is 1.75 bits per heavy atom. The molecule has 2 aromatic carbocycles. The van der Waals surface area contributed by atoms with Crippen LogP contribution in [0, 0.1) is 13.8 Å². The second-order valence-electron chi connectivity index (χ2n) is 6.39. The van der Waals surface area contributed by atoms with E-state index < -0.39 is 19.9 Å². The number of sulfone groups is 1. The molecule has 2 rings (SSSR count). The number of nitrogens with one attached hydrogen (secondary N) is 1. The number of hydrogen-bond donors (Lipinski definition) is 2. The van der Waals surface area contributed by atoms with Crippen molar-refractivity contribution in [1.29, 1.82) is 0 Å². The van der Waals surface area contributed by atoms with Crippen molar-refractivity contribution in [1.82, 2.24) is 0 Å². The van der Waals surface area contributed by atoms with Crippen molar-refractivity contribution in [3.63, 3.8) is 0 Å². The van der Waals surface area contributed by atoms with Crippen LogP contribution in [0.1, 0.15) is 17.5 Å². The topological polar surface area (TPSA) is 125 Å². The zero-order chi connectivity index (χ0) is 20.9. The van der Waals surface area contributed by atoms with Crippen molar-refractivity contribution >= 4 is 25.5 Å². The Balaban J connectivity index is 2.36. The predicted octanol–water partition coefficient (Wildman–Crippen LogP) is 2.17. The molecule has 0 aliphatic carbocycles. The van der Waals surface area contributed by atoms with E-state index >= 15 is 0 Å². The van der Waals surface area contributed by atoms with E-state index in [1.54, 1.807) is 32.0 Å². The number of sulfonamides is 1. The number of aryl methyl sites for hydroxylation is 2. The lowest BCUT2D eigenvalue weighted by Crippen LogP contribution is -2.17. The molecule has 154 valence electrons. The lowest BCUT2D eigenvalue weighted by molar-refractivity contribution is 0.122. The number of ether oxygens (including phenoxy) is 1. The quantitative estimate of drug-likeness (QED) is 0.463.